The predicted molar refractivity (Wildman–Crippen MR) is 80.1 cm³/mol. The summed E-state index contributed by atoms with van der Waals surface area (Å²) in [6.45, 7) is 4.45. The van der Waals surface area contributed by atoms with E-state index in [1.54, 1.807) is 0 Å². The van der Waals surface area contributed by atoms with Crippen molar-refractivity contribution in [3.8, 4) is 0 Å². The molecular formula is C16H27N3. The van der Waals surface area contributed by atoms with Crippen molar-refractivity contribution in [3.63, 3.8) is 0 Å². The minimum Gasteiger partial charge on any atom is -0.324 e. The lowest BCUT2D eigenvalue weighted by atomic mass is 10.1. The number of nitrogens with zero attached hydrogens (tertiary/aromatic N) is 2. The van der Waals surface area contributed by atoms with Crippen LogP contribution in [0.1, 0.15) is 64.1 Å². The van der Waals surface area contributed by atoms with E-state index in [0.717, 1.165) is 25.7 Å². The molecule has 1 aliphatic rings. The van der Waals surface area contributed by atoms with Gasteiger partial charge in [0.15, 0.2) is 0 Å². The summed E-state index contributed by atoms with van der Waals surface area (Å²) in [6.07, 6.45) is 12.5. The molecule has 1 atom stereocenters. The molecule has 3 heteroatoms. The van der Waals surface area contributed by atoms with E-state index in [0.29, 0.717) is 6.04 Å². The third-order valence-corrected chi connectivity index (χ3v) is 4.12. The monoisotopic (exact) mass is 261 g/mol. The Morgan fingerprint density at radius 2 is 2.16 bits per heavy atom. The highest BCUT2D eigenvalue weighted by Gasteiger charge is 2.12. The lowest BCUT2D eigenvalue weighted by molar-refractivity contribution is 0.426. The zero-order chi connectivity index (χ0) is 13.7. The minimum atomic E-state index is 0.249. The quantitative estimate of drug-likeness (QED) is 0.823. The highest BCUT2D eigenvalue weighted by molar-refractivity contribution is 5.16. The van der Waals surface area contributed by atoms with E-state index in [1.165, 1.54) is 30.5 Å². The van der Waals surface area contributed by atoms with Gasteiger partial charge in [0, 0.05) is 18.7 Å². The molecule has 2 N–H and O–H groups in total. The second-order valence-corrected chi connectivity index (χ2v) is 5.67. The van der Waals surface area contributed by atoms with E-state index in [2.05, 4.69) is 36.9 Å². The second kappa shape index (κ2) is 6.90. The van der Waals surface area contributed by atoms with E-state index >= 15 is 0 Å². The Bertz CT molecular complexity index is 415. The molecule has 0 saturated carbocycles. The van der Waals surface area contributed by atoms with Gasteiger partial charge in [0.2, 0.25) is 0 Å². The summed E-state index contributed by atoms with van der Waals surface area (Å²) in [5, 5.41) is 4.74. The van der Waals surface area contributed by atoms with Crippen LogP contribution in [0.4, 0.5) is 0 Å². The summed E-state index contributed by atoms with van der Waals surface area (Å²) in [7, 11) is 0. The Morgan fingerprint density at radius 3 is 2.89 bits per heavy atom. The van der Waals surface area contributed by atoms with Crippen LogP contribution in [0.15, 0.2) is 23.9 Å². The Kier molecular flexibility index (Phi) is 5.20. The van der Waals surface area contributed by atoms with Gasteiger partial charge >= 0.3 is 0 Å². The normalized spacial score (nSPS) is 20.4. The fourth-order valence-electron chi connectivity index (χ4n) is 2.92. The number of aromatic nitrogens is 2. The van der Waals surface area contributed by atoms with Crippen molar-refractivity contribution in [2.75, 3.05) is 0 Å². The van der Waals surface area contributed by atoms with E-state index in [1.807, 2.05) is 0 Å². The first-order chi connectivity index (χ1) is 9.22. The Labute approximate surface area is 116 Å². The van der Waals surface area contributed by atoms with Gasteiger partial charge in [-0.15, -0.1) is 0 Å². The molecule has 1 aromatic heterocycles. The minimum absolute atomic E-state index is 0.249. The Hall–Kier alpha value is -1.09. The molecule has 0 saturated heterocycles. The van der Waals surface area contributed by atoms with Gasteiger partial charge in [-0.1, -0.05) is 31.9 Å². The summed E-state index contributed by atoms with van der Waals surface area (Å²) in [6, 6.07) is 2.95. The van der Waals surface area contributed by atoms with Gasteiger partial charge in [0.25, 0.3) is 0 Å². The number of allylic oxidation sites excluding steroid dienone is 1. The van der Waals surface area contributed by atoms with Gasteiger partial charge < -0.3 is 5.73 Å². The maximum atomic E-state index is 6.07. The number of hydrogen-bond acceptors (Lipinski definition) is 2. The maximum absolute atomic E-state index is 6.07. The van der Waals surface area contributed by atoms with E-state index in [4.69, 9.17) is 10.8 Å². The lowest BCUT2D eigenvalue weighted by Gasteiger charge is -2.12. The van der Waals surface area contributed by atoms with Crippen LogP contribution in [0, 0.1) is 0 Å². The maximum Gasteiger partial charge on any atom is 0.0665 e. The van der Waals surface area contributed by atoms with Crippen molar-refractivity contribution < 1.29 is 0 Å². The molecule has 1 aliphatic carbocycles. The molecule has 1 heterocycles. The fraction of sp³-hybridized carbons (Fsp3) is 0.688. The van der Waals surface area contributed by atoms with E-state index < -0.39 is 0 Å². The van der Waals surface area contributed by atoms with Gasteiger partial charge in [-0.2, -0.15) is 5.10 Å². The van der Waals surface area contributed by atoms with Crippen LogP contribution >= 0.6 is 0 Å². The summed E-state index contributed by atoms with van der Waals surface area (Å²) in [5.41, 5.74) is 8.73. The molecule has 19 heavy (non-hydrogen) atoms. The molecule has 2 rings (SSSR count). The molecule has 0 amide bonds. The number of rotatable bonds is 5. The molecule has 0 spiro atoms. The molecule has 3 nitrogen and oxygen atoms in total. The molecular weight excluding hydrogens is 234 g/mol. The van der Waals surface area contributed by atoms with Crippen LogP contribution in [0.5, 0.6) is 0 Å². The zero-order valence-electron chi connectivity index (χ0n) is 12.3. The van der Waals surface area contributed by atoms with Crippen LogP contribution in [-0.2, 0) is 6.42 Å². The number of nitrogens with two attached hydrogens (primary N) is 1. The molecule has 0 radical (unpaired) electrons. The molecule has 0 bridgehead atoms. The molecule has 0 fully saturated rings. The summed E-state index contributed by atoms with van der Waals surface area (Å²) in [4.78, 5) is 0. The van der Waals surface area contributed by atoms with Crippen molar-refractivity contribution >= 4 is 0 Å². The third kappa shape index (κ3) is 3.93. The summed E-state index contributed by atoms with van der Waals surface area (Å²) in [5.74, 6) is 0. The molecule has 1 aromatic rings. The van der Waals surface area contributed by atoms with Gasteiger partial charge in [0.1, 0.15) is 0 Å². The average molecular weight is 261 g/mol. The lowest BCUT2D eigenvalue weighted by Crippen LogP contribution is -2.16. The fourth-order valence-corrected chi connectivity index (χ4v) is 2.92. The molecule has 0 aliphatic heterocycles. The Morgan fingerprint density at radius 1 is 1.37 bits per heavy atom. The Balaban J connectivity index is 2.03. The third-order valence-electron chi connectivity index (χ3n) is 4.12. The first-order valence-corrected chi connectivity index (χ1v) is 7.72. The van der Waals surface area contributed by atoms with Crippen LogP contribution in [0.25, 0.3) is 0 Å². The largest absolute Gasteiger partial charge is 0.324 e. The van der Waals surface area contributed by atoms with Crippen LogP contribution < -0.4 is 5.73 Å². The van der Waals surface area contributed by atoms with Crippen molar-refractivity contribution in [3.05, 3.63) is 29.6 Å². The standard InChI is InChI=1S/C16H27N3/c1-3-16(4-2)19-10-9-15(18-19)12-13-7-5-6-8-14(17)11-13/h9-11,14,16H,3-8,12,17H2,1-2H3. The first kappa shape index (κ1) is 14.3. The van der Waals surface area contributed by atoms with Crippen molar-refractivity contribution in [2.24, 2.45) is 5.73 Å². The smallest absolute Gasteiger partial charge is 0.0665 e. The van der Waals surface area contributed by atoms with Crippen LogP contribution in [-0.4, -0.2) is 15.8 Å². The van der Waals surface area contributed by atoms with Crippen molar-refractivity contribution in [1.29, 1.82) is 0 Å². The van der Waals surface area contributed by atoms with Gasteiger partial charge in [0.05, 0.1) is 11.7 Å². The van der Waals surface area contributed by atoms with Gasteiger partial charge in [-0.25, -0.2) is 0 Å². The highest BCUT2D eigenvalue weighted by Crippen LogP contribution is 2.21. The van der Waals surface area contributed by atoms with Gasteiger partial charge in [-0.3, -0.25) is 4.68 Å². The SMILES string of the molecule is CCC(CC)n1ccc(CC2=CC(N)CCCC2)n1. The van der Waals surface area contributed by atoms with Crippen LogP contribution in [0.2, 0.25) is 0 Å². The average Bonchev–Trinajstić information content (AvgIpc) is 2.74. The van der Waals surface area contributed by atoms with Crippen molar-refractivity contribution in [2.45, 2.75) is 70.9 Å². The van der Waals surface area contributed by atoms with Crippen molar-refractivity contribution in [1.82, 2.24) is 9.78 Å². The topological polar surface area (TPSA) is 43.8 Å². The highest BCUT2D eigenvalue weighted by atomic mass is 15.3. The summed E-state index contributed by atoms with van der Waals surface area (Å²) < 4.78 is 2.13. The summed E-state index contributed by atoms with van der Waals surface area (Å²) >= 11 is 0. The molecule has 0 aromatic carbocycles. The van der Waals surface area contributed by atoms with E-state index in [-0.39, 0.29) is 6.04 Å². The van der Waals surface area contributed by atoms with E-state index in [9.17, 15) is 0 Å². The second-order valence-electron chi connectivity index (χ2n) is 5.67. The van der Waals surface area contributed by atoms with Gasteiger partial charge in [-0.05, 0) is 38.2 Å². The molecule has 1 unspecified atom stereocenters. The zero-order valence-corrected chi connectivity index (χ0v) is 12.3. The molecule has 106 valence electrons. The predicted octanol–water partition coefficient (Wildman–Crippen LogP) is 3.61. The van der Waals surface area contributed by atoms with Crippen LogP contribution in [0.3, 0.4) is 0 Å². The first-order valence-electron chi connectivity index (χ1n) is 7.72. The number of hydrogen-bond donors (Lipinski definition) is 1.